The summed E-state index contributed by atoms with van der Waals surface area (Å²) >= 11 is 1.72. The van der Waals surface area contributed by atoms with Crippen LogP contribution in [0, 0.1) is 13.8 Å². The molecule has 1 aromatic carbocycles. The van der Waals surface area contributed by atoms with Crippen molar-refractivity contribution >= 4 is 21.8 Å². The zero-order valence-corrected chi connectivity index (χ0v) is 14.2. The number of hydrogen-bond acceptors (Lipinski definition) is 4. The molecular weight excluding hydrogens is 292 g/mol. The first kappa shape index (κ1) is 17.5. The van der Waals surface area contributed by atoms with E-state index in [1.165, 1.54) is 0 Å². The molecule has 0 heterocycles. The van der Waals surface area contributed by atoms with E-state index in [2.05, 4.69) is 10.0 Å². The second-order valence-electron chi connectivity index (χ2n) is 4.82. The maximum Gasteiger partial charge on any atom is 0.240 e. The zero-order chi connectivity index (χ0) is 15.2. The van der Waals surface area contributed by atoms with Gasteiger partial charge in [-0.3, -0.25) is 0 Å². The van der Waals surface area contributed by atoms with Gasteiger partial charge in [0.05, 0.1) is 4.90 Å². The molecule has 1 aromatic rings. The van der Waals surface area contributed by atoms with Gasteiger partial charge < -0.3 is 5.32 Å². The number of benzene rings is 1. The van der Waals surface area contributed by atoms with E-state index >= 15 is 0 Å². The molecule has 0 aliphatic heterocycles. The average molecular weight is 316 g/mol. The summed E-state index contributed by atoms with van der Waals surface area (Å²) in [5.74, 6) is 0.959. The Morgan fingerprint density at radius 2 is 1.90 bits per heavy atom. The Kier molecular flexibility index (Phi) is 7.02. The Morgan fingerprint density at radius 1 is 1.20 bits per heavy atom. The summed E-state index contributed by atoms with van der Waals surface area (Å²) in [6.45, 7) is 4.99. The largest absolute Gasteiger partial charge is 0.316 e. The van der Waals surface area contributed by atoms with Crippen molar-refractivity contribution in [2.75, 3.05) is 25.6 Å². The third-order valence-corrected chi connectivity index (χ3v) is 5.41. The number of sulfonamides is 1. The molecule has 0 aliphatic carbocycles. The smallest absolute Gasteiger partial charge is 0.240 e. The van der Waals surface area contributed by atoms with Gasteiger partial charge in [-0.15, -0.1) is 0 Å². The fraction of sp³-hybridized carbons (Fsp3) is 0.571. The fourth-order valence-corrected chi connectivity index (χ4v) is 3.83. The van der Waals surface area contributed by atoms with E-state index in [0.717, 1.165) is 28.9 Å². The van der Waals surface area contributed by atoms with E-state index < -0.39 is 10.0 Å². The van der Waals surface area contributed by atoms with Gasteiger partial charge >= 0.3 is 0 Å². The summed E-state index contributed by atoms with van der Waals surface area (Å²) in [5, 5.41) is 3.06. The molecule has 0 fully saturated rings. The van der Waals surface area contributed by atoms with Crippen molar-refractivity contribution in [3.63, 3.8) is 0 Å². The molecule has 0 radical (unpaired) electrons. The van der Waals surface area contributed by atoms with Gasteiger partial charge in [0.1, 0.15) is 0 Å². The molecule has 114 valence electrons. The molecular formula is C14H24N2O2S2. The van der Waals surface area contributed by atoms with Gasteiger partial charge in [-0.05, 0) is 62.1 Å². The fourth-order valence-electron chi connectivity index (χ4n) is 2.05. The number of hydrogen-bond donors (Lipinski definition) is 2. The first-order chi connectivity index (χ1) is 9.42. The van der Waals surface area contributed by atoms with Crippen molar-refractivity contribution in [1.82, 2.24) is 10.0 Å². The Morgan fingerprint density at radius 3 is 2.50 bits per heavy atom. The van der Waals surface area contributed by atoms with Crippen LogP contribution in [0.1, 0.15) is 23.1 Å². The van der Waals surface area contributed by atoms with Gasteiger partial charge in [0.2, 0.25) is 10.0 Å². The van der Waals surface area contributed by atoms with Gasteiger partial charge in [0.15, 0.2) is 0 Å². The van der Waals surface area contributed by atoms with Gasteiger partial charge in [-0.1, -0.05) is 6.07 Å². The lowest BCUT2D eigenvalue weighted by Gasteiger charge is -2.13. The molecule has 0 spiro atoms. The minimum Gasteiger partial charge on any atom is -0.316 e. The number of thioether (sulfide) groups is 1. The van der Waals surface area contributed by atoms with Crippen LogP contribution in [0.3, 0.4) is 0 Å². The SMILES string of the molecule is CNCc1cc(S(=O)(=O)NCCCSC)c(C)cc1C. The predicted molar refractivity (Wildman–Crippen MR) is 86.9 cm³/mol. The highest BCUT2D eigenvalue weighted by atomic mass is 32.2. The van der Waals surface area contributed by atoms with Crippen molar-refractivity contribution in [2.24, 2.45) is 0 Å². The van der Waals surface area contributed by atoms with Crippen LogP contribution in [0.15, 0.2) is 17.0 Å². The summed E-state index contributed by atoms with van der Waals surface area (Å²) in [4.78, 5) is 0.387. The van der Waals surface area contributed by atoms with Crippen LogP contribution in [0.25, 0.3) is 0 Å². The highest BCUT2D eigenvalue weighted by Crippen LogP contribution is 2.20. The highest BCUT2D eigenvalue weighted by molar-refractivity contribution is 7.98. The normalized spacial score (nSPS) is 11.8. The van der Waals surface area contributed by atoms with Gasteiger partial charge in [0.25, 0.3) is 0 Å². The minimum absolute atomic E-state index is 0.387. The first-order valence-electron chi connectivity index (χ1n) is 6.65. The monoisotopic (exact) mass is 316 g/mol. The molecule has 0 aliphatic rings. The molecule has 0 atom stereocenters. The Bertz CT molecular complexity index is 542. The second-order valence-corrected chi connectivity index (χ2v) is 7.54. The van der Waals surface area contributed by atoms with Crippen LogP contribution in [0.5, 0.6) is 0 Å². The summed E-state index contributed by atoms with van der Waals surface area (Å²) < 4.78 is 27.4. The van der Waals surface area contributed by atoms with Crippen LogP contribution < -0.4 is 10.0 Å². The number of rotatable bonds is 8. The molecule has 0 aromatic heterocycles. The third-order valence-electron chi connectivity index (χ3n) is 3.11. The molecule has 20 heavy (non-hydrogen) atoms. The topological polar surface area (TPSA) is 58.2 Å². The minimum atomic E-state index is -3.42. The molecule has 6 heteroatoms. The van der Waals surface area contributed by atoms with Crippen molar-refractivity contribution in [1.29, 1.82) is 0 Å². The zero-order valence-electron chi connectivity index (χ0n) is 12.6. The Hall–Kier alpha value is -0.560. The standard InChI is InChI=1S/C14H24N2O2S2/c1-11-8-12(2)14(9-13(11)10-15-3)20(17,18)16-6-5-7-19-4/h8-9,15-16H,5-7,10H2,1-4H3. The summed E-state index contributed by atoms with van der Waals surface area (Å²) in [5.41, 5.74) is 2.92. The van der Waals surface area contributed by atoms with Crippen molar-refractivity contribution in [3.8, 4) is 0 Å². The molecule has 0 unspecified atom stereocenters. The third kappa shape index (κ3) is 4.77. The molecule has 4 nitrogen and oxygen atoms in total. The van der Waals surface area contributed by atoms with E-state index in [9.17, 15) is 8.42 Å². The van der Waals surface area contributed by atoms with E-state index in [-0.39, 0.29) is 0 Å². The van der Waals surface area contributed by atoms with Crippen molar-refractivity contribution < 1.29 is 8.42 Å². The molecule has 0 bridgehead atoms. The maximum absolute atomic E-state index is 12.3. The van der Waals surface area contributed by atoms with Crippen LogP contribution >= 0.6 is 11.8 Å². The van der Waals surface area contributed by atoms with E-state index in [1.54, 1.807) is 17.8 Å². The second kappa shape index (κ2) is 8.02. The molecule has 0 amide bonds. The number of nitrogens with one attached hydrogen (secondary N) is 2. The summed E-state index contributed by atoms with van der Waals surface area (Å²) in [7, 11) is -1.56. The quantitative estimate of drug-likeness (QED) is 0.721. The van der Waals surface area contributed by atoms with E-state index in [1.807, 2.05) is 33.2 Å². The van der Waals surface area contributed by atoms with Crippen LogP contribution in [0.2, 0.25) is 0 Å². The predicted octanol–water partition coefficient (Wildman–Crippen LogP) is 2.05. The van der Waals surface area contributed by atoms with Crippen molar-refractivity contribution in [2.45, 2.75) is 31.7 Å². The highest BCUT2D eigenvalue weighted by Gasteiger charge is 2.17. The van der Waals surface area contributed by atoms with E-state index in [0.29, 0.717) is 18.0 Å². The van der Waals surface area contributed by atoms with Gasteiger partial charge in [0, 0.05) is 13.1 Å². The first-order valence-corrected chi connectivity index (χ1v) is 9.53. The van der Waals surface area contributed by atoms with Gasteiger partial charge in [-0.2, -0.15) is 11.8 Å². The molecule has 0 saturated carbocycles. The molecule has 0 saturated heterocycles. The summed E-state index contributed by atoms with van der Waals surface area (Å²) in [6.07, 6.45) is 2.86. The van der Waals surface area contributed by atoms with Crippen molar-refractivity contribution in [3.05, 3.63) is 28.8 Å². The average Bonchev–Trinajstić information content (AvgIpc) is 2.38. The molecule has 2 N–H and O–H groups in total. The number of aryl methyl sites for hydroxylation is 2. The van der Waals surface area contributed by atoms with E-state index in [4.69, 9.17) is 0 Å². The lowest BCUT2D eigenvalue weighted by atomic mass is 10.1. The van der Waals surface area contributed by atoms with Crippen LogP contribution in [-0.4, -0.2) is 34.0 Å². The summed E-state index contributed by atoms with van der Waals surface area (Å²) in [6, 6.07) is 3.71. The Balaban J connectivity index is 2.96. The molecule has 1 rings (SSSR count). The lowest BCUT2D eigenvalue weighted by Crippen LogP contribution is -2.26. The van der Waals surface area contributed by atoms with Gasteiger partial charge in [-0.25, -0.2) is 13.1 Å². The Labute approximate surface area is 126 Å². The van der Waals surface area contributed by atoms with Crippen LogP contribution in [-0.2, 0) is 16.6 Å². The lowest BCUT2D eigenvalue weighted by molar-refractivity contribution is 0.580. The van der Waals surface area contributed by atoms with Crippen LogP contribution in [0.4, 0.5) is 0 Å². The maximum atomic E-state index is 12.3.